The molecule has 0 aliphatic carbocycles. The smallest absolute Gasteiger partial charge is 0.0866 e. The molecule has 0 aromatic carbocycles. The molecule has 8 heteroatoms. The molecule has 0 fully saturated rings. The number of hydrogen-bond donors (Lipinski definition) is 0. The van der Waals surface area contributed by atoms with Gasteiger partial charge in [-0.05, 0) is 19.3 Å². The van der Waals surface area contributed by atoms with Gasteiger partial charge in [-0.1, -0.05) is 20.8 Å². The lowest BCUT2D eigenvalue weighted by Crippen LogP contribution is -2.33. The summed E-state index contributed by atoms with van der Waals surface area (Å²) in [5, 5.41) is 20.8. The minimum Gasteiger partial charge on any atom is -0.548 e. The van der Waals surface area contributed by atoms with Crippen LogP contribution in [-0.2, 0) is 28.5 Å². The maximum absolute atomic E-state index is 10.4. The van der Waals surface area contributed by atoms with Gasteiger partial charge in [0, 0.05) is 0 Å². The van der Waals surface area contributed by atoms with Gasteiger partial charge in [-0.3, -0.25) is 0 Å². The van der Waals surface area contributed by atoms with Crippen LogP contribution in [0.5, 0.6) is 0 Å². The van der Waals surface area contributed by atoms with E-state index in [9.17, 15) is 19.8 Å². The summed E-state index contributed by atoms with van der Waals surface area (Å²) in [5.41, 5.74) is 0. The molecule has 0 bridgehead atoms. The van der Waals surface area contributed by atoms with E-state index in [0.29, 0.717) is 25.9 Å². The largest absolute Gasteiger partial charge is 0.548 e. The van der Waals surface area contributed by atoms with Crippen molar-refractivity contribution < 1.29 is 38.7 Å². The van der Waals surface area contributed by atoms with Crippen molar-refractivity contribution in [3.63, 3.8) is 0 Å². The Morgan fingerprint density at radius 1 is 0.708 bits per heavy atom. The minimum atomic E-state index is -1.26. The first-order valence-electron chi connectivity index (χ1n) is 8.24. The molecule has 0 saturated carbocycles. The van der Waals surface area contributed by atoms with Crippen molar-refractivity contribution in [2.45, 2.75) is 58.3 Å². The molecule has 142 valence electrons. The fourth-order valence-electron chi connectivity index (χ4n) is 1.80. The molecule has 0 saturated heterocycles. The number of ether oxygens (including phenoxy) is 4. The summed E-state index contributed by atoms with van der Waals surface area (Å²) in [4.78, 5) is 20.8. The molecule has 8 nitrogen and oxygen atoms in total. The van der Waals surface area contributed by atoms with Crippen molar-refractivity contribution in [1.29, 1.82) is 0 Å². The summed E-state index contributed by atoms with van der Waals surface area (Å²) in [5.74, 6) is -2.52. The molecule has 0 radical (unpaired) electrons. The van der Waals surface area contributed by atoms with Gasteiger partial charge in [0.1, 0.15) is 0 Å². The molecule has 0 heterocycles. The maximum atomic E-state index is 10.4. The monoisotopic (exact) mass is 348 g/mol. The van der Waals surface area contributed by atoms with E-state index in [2.05, 4.69) is 0 Å². The standard InChI is InChI=1S/C16H30O8/c1-4-12(22-9-14(6-3)24-11-16(19)20)7-21-8-13(5-2)23-10-15(17)18/h12-14H,4-11H2,1-3H3,(H,17,18)(H,19,20)/p-2. The molecule has 3 unspecified atom stereocenters. The summed E-state index contributed by atoms with van der Waals surface area (Å²) in [7, 11) is 0. The van der Waals surface area contributed by atoms with E-state index in [1.165, 1.54) is 0 Å². The molecular weight excluding hydrogens is 320 g/mol. The van der Waals surface area contributed by atoms with Gasteiger partial charge in [0.25, 0.3) is 0 Å². The zero-order valence-corrected chi connectivity index (χ0v) is 14.7. The lowest BCUT2D eigenvalue weighted by molar-refractivity contribution is -0.312. The minimum absolute atomic E-state index is 0.163. The predicted molar refractivity (Wildman–Crippen MR) is 80.9 cm³/mol. The van der Waals surface area contributed by atoms with Crippen molar-refractivity contribution in [3.05, 3.63) is 0 Å². The van der Waals surface area contributed by atoms with Gasteiger partial charge in [-0.15, -0.1) is 0 Å². The number of rotatable bonds is 16. The Bertz CT molecular complexity index is 347. The van der Waals surface area contributed by atoms with Crippen molar-refractivity contribution in [2.75, 3.05) is 33.0 Å². The topological polar surface area (TPSA) is 117 Å². The second-order valence-electron chi connectivity index (χ2n) is 5.33. The summed E-state index contributed by atoms with van der Waals surface area (Å²) < 4.78 is 21.5. The molecule has 0 aliphatic heterocycles. The van der Waals surface area contributed by atoms with E-state index < -0.39 is 25.2 Å². The molecule has 3 atom stereocenters. The summed E-state index contributed by atoms with van der Waals surface area (Å²) >= 11 is 0. The number of aliphatic carboxylic acids is 2. The van der Waals surface area contributed by atoms with Crippen molar-refractivity contribution in [1.82, 2.24) is 0 Å². The Kier molecular flexibility index (Phi) is 13.4. The molecule has 0 rings (SSSR count). The summed E-state index contributed by atoms with van der Waals surface area (Å²) in [6, 6.07) is 0. The molecule has 24 heavy (non-hydrogen) atoms. The second kappa shape index (κ2) is 14.2. The Labute approximate surface area is 143 Å². The highest BCUT2D eigenvalue weighted by molar-refractivity contribution is 5.65. The lowest BCUT2D eigenvalue weighted by Gasteiger charge is -2.22. The van der Waals surface area contributed by atoms with Crippen LogP contribution in [0.4, 0.5) is 0 Å². The van der Waals surface area contributed by atoms with Crippen LogP contribution in [0.15, 0.2) is 0 Å². The maximum Gasteiger partial charge on any atom is 0.0866 e. The number of hydrogen-bond acceptors (Lipinski definition) is 8. The van der Waals surface area contributed by atoms with Crippen LogP contribution in [0.25, 0.3) is 0 Å². The van der Waals surface area contributed by atoms with Crippen LogP contribution in [0.2, 0.25) is 0 Å². The van der Waals surface area contributed by atoms with E-state index in [0.717, 1.165) is 0 Å². The Morgan fingerprint density at radius 2 is 1.08 bits per heavy atom. The average Bonchev–Trinajstić information content (AvgIpc) is 2.55. The molecule has 0 aromatic heterocycles. The van der Waals surface area contributed by atoms with Crippen LogP contribution in [0.1, 0.15) is 40.0 Å². The van der Waals surface area contributed by atoms with Crippen molar-refractivity contribution in [2.24, 2.45) is 0 Å². The quantitative estimate of drug-likeness (QED) is 0.345. The normalized spacial score (nSPS) is 15.0. The third-order valence-corrected chi connectivity index (χ3v) is 3.37. The summed E-state index contributed by atoms with van der Waals surface area (Å²) in [6.45, 7) is 5.65. The summed E-state index contributed by atoms with van der Waals surface area (Å²) in [6.07, 6.45) is 1.18. The molecular formula is C16H28O8-2. The number of carbonyl (C=O) groups excluding carboxylic acids is 2. The third-order valence-electron chi connectivity index (χ3n) is 3.37. The highest BCUT2D eigenvalue weighted by atomic mass is 16.6. The third kappa shape index (κ3) is 12.2. The van der Waals surface area contributed by atoms with E-state index in [1.807, 2.05) is 20.8 Å². The van der Waals surface area contributed by atoms with Crippen LogP contribution in [-0.4, -0.2) is 63.3 Å². The van der Waals surface area contributed by atoms with Gasteiger partial charge in [0.15, 0.2) is 0 Å². The van der Waals surface area contributed by atoms with E-state index in [4.69, 9.17) is 18.9 Å². The van der Waals surface area contributed by atoms with Gasteiger partial charge in [0.2, 0.25) is 0 Å². The predicted octanol–water partition coefficient (Wildman–Crippen LogP) is -1.11. The first-order chi connectivity index (χ1) is 11.4. The molecule has 0 aromatic rings. The molecule has 0 amide bonds. The van der Waals surface area contributed by atoms with Gasteiger partial charge < -0.3 is 38.7 Å². The number of carboxylic acid groups (broad SMARTS) is 2. The van der Waals surface area contributed by atoms with Gasteiger partial charge in [-0.25, -0.2) is 0 Å². The van der Waals surface area contributed by atoms with E-state index in [1.54, 1.807) is 0 Å². The van der Waals surface area contributed by atoms with Crippen molar-refractivity contribution >= 4 is 11.9 Å². The van der Waals surface area contributed by atoms with Crippen LogP contribution >= 0.6 is 0 Å². The fourth-order valence-corrected chi connectivity index (χ4v) is 1.80. The van der Waals surface area contributed by atoms with Gasteiger partial charge in [-0.2, -0.15) is 0 Å². The zero-order chi connectivity index (χ0) is 18.4. The zero-order valence-electron chi connectivity index (χ0n) is 14.7. The molecule has 0 N–H and O–H groups in total. The second-order valence-corrected chi connectivity index (χ2v) is 5.33. The SMILES string of the molecule is CCC(COCC(CC)OCC(CC)OCC(=O)[O-])OCC(=O)[O-]. The highest BCUT2D eigenvalue weighted by Gasteiger charge is 2.14. The highest BCUT2D eigenvalue weighted by Crippen LogP contribution is 2.06. The van der Waals surface area contributed by atoms with Crippen molar-refractivity contribution in [3.8, 4) is 0 Å². The lowest BCUT2D eigenvalue weighted by atomic mass is 10.2. The molecule has 0 aliphatic rings. The van der Waals surface area contributed by atoms with Crippen LogP contribution < -0.4 is 10.2 Å². The van der Waals surface area contributed by atoms with Gasteiger partial charge >= 0.3 is 0 Å². The van der Waals surface area contributed by atoms with Crippen LogP contribution in [0, 0.1) is 0 Å². The first kappa shape index (κ1) is 22.8. The Hall–Kier alpha value is -1.22. The number of carboxylic acids is 2. The van der Waals surface area contributed by atoms with E-state index in [-0.39, 0.29) is 31.5 Å². The number of carbonyl (C=O) groups is 2. The van der Waals surface area contributed by atoms with E-state index >= 15 is 0 Å². The fraction of sp³-hybridized carbons (Fsp3) is 0.875. The Balaban J connectivity index is 4.03. The molecule has 0 spiro atoms. The Morgan fingerprint density at radius 3 is 1.46 bits per heavy atom. The van der Waals surface area contributed by atoms with Gasteiger partial charge in [0.05, 0.1) is 63.3 Å². The first-order valence-corrected chi connectivity index (χ1v) is 8.24. The average molecular weight is 348 g/mol. The van der Waals surface area contributed by atoms with Crippen LogP contribution in [0.3, 0.4) is 0 Å².